The first-order valence-electron chi connectivity index (χ1n) is 4.95. The van der Waals surface area contributed by atoms with Crippen molar-refractivity contribution in [1.82, 2.24) is 0 Å². The molecule has 1 atom stereocenters. The van der Waals surface area contributed by atoms with Crippen molar-refractivity contribution in [3.05, 3.63) is 34.1 Å². The number of nitrogens with two attached hydrogens (primary N) is 1. The molecule has 0 bridgehead atoms. The molecule has 0 saturated carbocycles. The highest BCUT2D eigenvalue weighted by Crippen LogP contribution is 2.21. The molecule has 1 unspecified atom stereocenters. The van der Waals surface area contributed by atoms with Gasteiger partial charge < -0.3 is 15.8 Å². The van der Waals surface area contributed by atoms with Gasteiger partial charge in [-0.15, -0.1) is 0 Å². The van der Waals surface area contributed by atoms with Crippen LogP contribution < -0.4 is 11.1 Å². The van der Waals surface area contributed by atoms with E-state index in [-0.39, 0.29) is 18.0 Å². The van der Waals surface area contributed by atoms with Crippen LogP contribution in [0.25, 0.3) is 0 Å². The summed E-state index contributed by atoms with van der Waals surface area (Å²) >= 11 is 0. The van der Waals surface area contributed by atoms with Crippen LogP contribution in [0.3, 0.4) is 0 Å². The van der Waals surface area contributed by atoms with E-state index in [2.05, 4.69) is 10.1 Å². The van der Waals surface area contributed by atoms with E-state index in [0.717, 1.165) is 18.2 Å². The van der Waals surface area contributed by atoms with Gasteiger partial charge in [0.2, 0.25) is 5.91 Å². The Kier molecular flexibility index (Phi) is 4.69. The molecule has 7 nitrogen and oxygen atoms in total. The molecule has 18 heavy (non-hydrogen) atoms. The predicted molar refractivity (Wildman–Crippen MR) is 61.5 cm³/mol. The SMILES string of the molecule is COCC(N)C(=O)Nc1cc([N+](=O)[O-])ccc1F. The Labute approximate surface area is 102 Å². The Balaban J connectivity index is 2.86. The molecular weight excluding hydrogens is 245 g/mol. The molecule has 0 radical (unpaired) electrons. The van der Waals surface area contributed by atoms with Crippen LogP contribution in [0.15, 0.2) is 18.2 Å². The fraction of sp³-hybridized carbons (Fsp3) is 0.300. The molecule has 0 aliphatic rings. The molecule has 0 spiro atoms. The van der Waals surface area contributed by atoms with Crippen molar-refractivity contribution in [1.29, 1.82) is 0 Å². The lowest BCUT2D eigenvalue weighted by atomic mass is 10.2. The molecule has 0 fully saturated rings. The van der Waals surface area contributed by atoms with Crippen LogP contribution in [-0.4, -0.2) is 30.6 Å². The fourth-order valence-corrected chi connectivity index (χ4v) is 1.20. The molecule has 0 aliphatic carbocycles. The van der Waals surface area contributed by atoms with E-state index >= 15 is 0 Å². The monoisotopic (exact) mass is 257 g/mol. The number of ether oxygens (including phenoxy) is 1. The third-order valence-corrected chi connectivity index (χ3v) is 2.10. The van der Waals surface area contributed by atoms with Crippen LogP contribution in [0.1, 0.15) is 0 Å². The maximum atomic E-state index is 13.3. The molecule has 0 heterocycles. The molecule has 1 amide bonds. The quantitative estimate of drug-likeness (QED) is 0.594. The molecule has 3 N–H and O–H groups in total. The van der Waals surface area contributed by atoms with Crippen molar-refractivity contribution >= 4 is 17.3 Å². The summed E-state index contributed by atoms with van der Waals surface area (Å²) in [5.74, 6) is -1.46. The third-order valence-electron chi connectivity index (χ3n) is 2.10. The van der Waals surface area contributed by atoms with Gasteiger partial charge in [0, 0.05) is 19.2 Å². The summed E-state index contributed by atoms with van der Waals surface area (Å²) in [6.45, 7) is -0.0393. The predicted octanol–water partition coefficient (Wildman–Crippen LogP) is 0.646. The minimum Gasteiger partial charge on any atom is -0.383 e. The number of hydrogen-bond donors (Lipinski definition) is 2. The van der Waals surface area contributed by atoms with Crippen LogP contribution in [0.5, 0.6) is 0 Å². The second-order valence-corrected chi connectivity index (χ2v) is 3.47. The molecule has 0 aliphatic heterocycles. The Hall–Kier alpha value is -2.06. The summed E-state index contributed by atoms with van der Waals surface area (Å²) in [6, 6.07) is 1.84. The number of rotatable bonds is 5. The van der Waals surface area contributed by atoms with E-state index in [1.54, 1.807) is 0 Å². The van der Waals surface area contributed by atoms with Gasteiger partial charge in [0.05, 0.1) is 17.2 Å². The van der Waals surface area contributed by atoms with Gasteiger partial charge >= 0.3 is 0 Å². The summed E-state index contributed by atoms with van der Waals surface area (Å²) in [7, 11) is 1.36. The maximum absolute atomic E-state index is 13.3. The number of non-ortho nitro benzene ring substituents is 1. The smallest absolute Gasteiger partial charge is 0.271 e. The Morgan fingerprint density at radius 1 is 1.67 bits per heavy atom. The normalized spacial score (nSPS) is 11.9. The highest BCUT2D eigenvalue weighted by atomic mass is 19.1. The zero-order chi connectivity index (χ0) is 13.7. The van der Waals surface area contributed by atoms with E-state index < -0.39 is 22.7 Å². The van der Waals surface area contributed by atoms with Crippen LogP contribution in [0, 0.1) is 15.9 Å². The molecule has 98 valence electrons. The van der Waals surface area contributed by atoms with Gasteiger partial charge in [-0.2, -0.15) is 0 Å². The summed E-state index contributed by atoms with van der Waals surface area (Å²) in [5, 5.41) is 12.7. The third kappa shape index (κ3) is 3.47. The lowest BCUT2D eigenvalue weighted by Gasteiger charge is -2.11. The summed E-state index contributed by atoms with van der Waals surface area (Å²) < 4.78 is 18.0. The van der Waals surface area contributed by atoms with Crippen molar-refractivity contribution in [2.45, 2.75) is 6.04 Å². The van der Waals surface area contributed by atoms with E-state index in [0.29, 0.717) is 0 Å². The highest BCUT2D eigenvalue weighted by molar-refractivity contribution is 5.95. The van der Waals surface area contributed by atoms with E-state index in [9.17, 15) is 19.3 Å². The number of anilines is 1. The molecule has 1 rings (SSSR count). The number of amides is 1. The Morgan fingerprint density at radius 3 is 2.89 bits per heavy atom. The van der Waals surface area contributed by atoms with Crippen molar-refractivity contribution in [3.8, 4) is 0 Å². The minimum absolute atomic E-state index is 0.0393. The van der Waals surface area contributed by atoms with Gasteiger partial charge in [-0.05, 0) is 6.07 Å². The molecule has 8 heteroatoms. The first kappa shape index (κ1) is 14.0. The zero-order valence-corrected chi connectivity index (χ0v) is 9.55. The average Bonchev–Trinajstić information content (AvgIpc) is 2.31. The van der Waals surface area contributed by atoms with E-state index in [4.69, 9.17) is 5.73 Å². The molecule has 1 aromatic carbocycles. The second-order valence-electron chi connectivity index (χ2n) is 3.47. The van der Waals surface area contributed by atoms with Crippen molar-refractivity contribution in [2.24, 2.45) is 5.73 Å². The largest absolute Gasteiger partial charge is 0.383 e. The van der Waals surface area contributed by atoms with Gasteiger partial charge in [0.25, 0.3) is 5.69 Å². The number of carbonyl (C=O) groups excluding carboxylic acids is 1. The minimum atomic E-state index is -0.978. The molecule has 0 saturated heterocycles. The average molecular weight is 257 g/mol. The maximum Gasteiger partial charge on any atom is 0.271 e. The summed E-state index contributed by atoms with van der Waals surface area (Å²) in [4.78, 5) is 21.3. The number of hydrogen-bond acceptors (Lipinski definition) is 5. The molecule has 0 aromatic heterocycles. The van der Waals surface area contributed by atoms with Gasteiger partial charge in [-0.1, -0.05) is 0 Å². The van der Waals surface area contributed by atoms with Crippen LogP contribution in [0.2, 0.25) is 0 Å². The van der Waals surface area contributed by atoms with Gasteiger partial charge in [0.15, 0.2) is 0 Å². The highest BCUT2D eigenvalue weighted by Gasteiger charge is 2.17. The number of benzene rings is 1. The number of carbonyl (C=O) groups is 1. The number of methoxy groups -OCH3 is 1. The first-order valence-corrected chi connectivity index (χ1v) is 4.95. The van der Waals surface area contributed by atoms with E-state index in [1.165, 1.54) is 7.11 Å². The topological polar surface area (TPSA) is 107 Å². The van der Waals surface area contributed by atoms with Crippen LogP contribution in [0.4, 0.5) is 15.8 Å². The second kappa shape index (κ2) is 6.03. The number of nitrogens with zero attached hydrogens (tertiary/aromatic N) is 1. The lowest BCUT2D eigenvalue weighted by Crippen LogP contribution is -2.39. The van der Waals surface area contributed by atoms with Crippen LogP contribution >= 0.6 is 0 Å². The molecular formula is C10H12FN3O4. The van der Waals surface area contributed by atoms with Gasteiger partial charge in [0.1, 0.15) is 11.9 Å². The Bertz CT molecular complexity index is 466. The van der Waals surface area contributed by atoms with Crippen molar-refractivity contribution in [3.63, 3.8) is 0 Å². The summed E-state index contributed by atoms with van der Waals surface area (Å²) in [6.07, 6.45) is 0. The lowest BCUT2D eigenvalue weighted by molar-refractivity contribution is -0.384. The van der Waals surface area contributed by atoms with Gasteiger partial charge in [-0.25, -0.2) is 4.39 Å². The van der Waals surface area contributed by atoms with Gasteiger partial charge in [-0.3, -0.25) is 14.9 Å². The number of nitro benzene ring substituents is 1. The van der Waals surface area contributed by atoms with Crippen molar-refractivity contribution < 1.29 is 18.8 Å². The standard InChI is InChI=1S/C10H12FN3O4/c1-18-5-8(12)10(15)13-9-4-6(14(16)17)2-3-7(9)11/h2-4,8H,5,12H2,1H3,(H,13,15). The number of halogens is 1. The van der Waals surface area contributed by atoms with Crippen LogP contribution in [-0.2, 0) is 9.53 Å². The molecule has 1 aromatic rings. The summed E-state index contributed by atoms with van der Waals surface area (Å²) in [5.41, 5.74) is 4.81. The Morgan fingerprint density at radius 2 is 2.33 bits per heavy atom. The first-order chi connectivity index (χ1) is 8.45. The zero-order valence-electron chi connectivity index (χ0n) is 9.55. The van der Waals surface area contributed by atoms with Crippen molar-refractivity contribution in [2.75, 3.05) is 19.0 Å². The number of nitrogens with one attached hydrogen (secondary N) is 1. The fourth-order valence-electron chi connectivity index (χ4n) is 1.20. The van der Waals surface area contributed by atoms with E-state index in [1.807, 2.05) is 0 Å². The number of nitro groups is 1.